The van der Waals surface area contributed by atoms with Gasteiger partial charge in [0.2, 0.25) is 0 Å². The zero-order chi connectivity index (χ0) is 23.5. The second kappa shape index (κ2) is 7.73. The summed E-state index contributed by atoms with van der Waals surface area (Å²) in [6.07, 6.45) is 8.24. The Morgan fingerprint density at radius 2 is 2.12 bits per heavy atom. The van der Waals surface area contributed by atoms with E-state index in [2.05, 4.69) is 19.9 Å². The van der Waals surface area contributed by atoms with Crippen molar-refractivity contribution < 1.29 is 9.18 Å². The molecule has 7 nitrogen and oxygen atoms in total. The number of aromatic nitrogens is 3. The third-order valence-corrected chi connectivity index (χ3v) is 7.46. The lowest BCUT2D eigenvalue weighted by atomic mass is 9.80. The Morgan fingerprint density at radius 3 is 2.82 bits per heavy atom. The molecular weight excluding hydrogens is 443 g/mol. The van der Waals surface area contributed by atoms with E-state index < -0.39 is 11.7 Å². The summed E-state index contributed by atoms with van der Waals surface area (Å²) >= 11 is 6.98. The Labute approximate surface area is 196 Å². The van der Waals surface area contributed by atoms with Gasteiger partial charge in [-0.15, -0.1) is 0 Å². The second-order valence-electron chi connectivity index (χ2n) is 9.21. The van der Waals surface area contributed by atoms with E-state index in [4.69, 9.17) is 17.3 Å². The van der Waals surface area contributed by atoms with Crippen LogP contribution in [-0.2, 0) is 5.41 Å². The van der Waals surface area contributed by atoms with Crippen LogP contribution in [0.15, 0.2) is 30.7 Å². The molecule has 33 heavy (non-hydrogen) atoms. The lowest BCUT2D eigenvalue weighted by molar-refractivity contribution is 0.0824. The molecule has 3 heterocycles. The highest BCUT2D eigenvalue weighted by Crippen LogP contribution is 2.54. The van der Waals surface area contributed by atoms with Gasteiger partial charge in [0.25, 0.3) is 5.91 Å². The van der Waals surface area contributed by atoms with Crippen LogP contribution in [0.4, 0.5) is 15.9 Å². The molecule has 1 aromatic carbocycles. The minimum Gasteiger partial charge on any atom is -0.398 e. The largest absolute Gasteiger partial charge is 0.398 e. The predicted molar refractivity (Wildman–Crippen MR) is 127 cm³/mol. The number of rotatable bonds is 3. The second-order valence-corrected chi connectivity index (χ2v) is 9.59. The number of nitrogens with one attached hydrogen (secondary N) is 1. The van der Waals surface area contributed by atoms with Crippen molar-refractivity contribution in [3.8, 4) is 11.1 Å². The van der Waals surface area contributed by atoms with Gasteiger partial charge >= 0.3 is 0 Å². The van der Waals surface area contributed by atoms with Crippen molar-refractivity contribution in [2.45, 2.75) is 37.6 Å². The number of nitrogens with zero attached hydrogens (tertiary/aromatic N) is 4. The van der Waals surface area contributed by atoms with Crippen LogP contribution in [0, 0.1) is 12.7 Å². The summed E-state index contributed by atoms with van der Waals surface area (Å²) in [6, 6.07) is 3.42. The summed E-state index contributed by atoms with van der Waals surface area (Å²) in [5.41, 5.74) is 7.31. The third kappa shape index (κ3) is 3.27. The fourth-order valence-corrected chi connectivity index (χ4v) is 5.81. The van der Waals surface area contributed by atoms with Gasteiger partial charge in [-0.1, -0.05) is 11.6 Å². The molecule has 1 spiro atoms. The van der Waals surface area contributed by atoms with Crippen LogP contribution in [0.3, 0.4) is 0 Å². The normalized spacial score (nSPS) is 21.3. The van der Waals surface area contributed by atoms with Gasteiger partial charge in [-0.2, -0.15) is 0 Å². The van der Waals surface area contributed by atoms with E-state index >= 15 is 4.39 Å². The predicted octanol–water partition coefficient (Wildman–Crippen LogP) is 4.42. The molecule has 172 valence electrons. The van der Waals surface area contributed by atoms with Gasteiger partial charge in [-0.25, -0.2) is 14.4 Å². The van der Waals surface area contributed by atoms with Gasteiger partial charge in [0, 0.05) is 73.1 Å². The number of nitrogens with two attached hydrogens (primary N) is 1. The highest BCUT2D eigenvalue weighted by atomic mass is 35.5. The Hall–Kier alpha value is -3.13. The SMILES string of the molecule is Cc1nccn1[C@H]1CC[C@]2(CNc3ncc(-c4ccc(N)c(C(=O)N(C)C)c4F)c(Cl)c32)C1. The first-order chi connectivity index (χ1) is 15.7. The molecule has 5 rings (SSSR count). The van der Waals surface area contributed by atoms with Gasteiger partial charge in [0.15, 0.2) is 0 Å². The number of carbonyl (C=O) groups excluding carboxylic acids is 1. The number of hydrogen-bond acceptors (Lipinski definition) is 5. The Bertz CT molecular complexity index is 1270. The van der Waals surface area contributed by atoms with Gasteiger partial charge in [0.05, 0.1) is 10.6 Å². The maximum atomic E-state index is 15.6. The molecule has 2 atom stereocenters. The topological polar surface area (TPSA) is 89.1 Å². The number of pyridine rings is 1. The number of hydrogen-bond donors (Lipinski definition) is 2. The molecule has 0 bridgehead atoms. The van der Waals surface area contributed by atoms with E-state index in [0.717, 1.165) is 43.0 Å². The molecular formula is C24H26ClFN6O. The first kappa shape index (κ1) is 21.7. The molecule has 2 aliphatic rings. The molecule has 0 radical (unpaired) electrons. The van der Waals surface area contributed by atoms with E-state index in [-0.39, 0.29) is 22.2 Å². The number of halogens is 2. The number of imidazole rings is 1. The van der Waals surface area contributed by atoms with Crippen molar-refractivity contribution >= 4 is 29.0 Å². The molecule has 9 heteroatoms. The van der Waals surface area contributed by atoms with Gasteiger partial charge < -0.3 is 20.5 Å². The van der Waals surface area contributed by atoms with Crippen molar-refractivity contribution in [2.24, 2.45) is 0 Å². The van der Waals surface area contributed by atoms with Crippen LogP contribution in [0.2, 0.25) is 5.02 Å². The van der Waals surface area contributed by atoms with Crippen molar-refractivity contribution in [1.29, 1.82) is 0 Å². The summed E-state index contributed by atoms with van der Waals surface area (Å²) in [4.78, 5) is 22.8. The average molecular weight is 469 g/mol. The molecule has 3 N–H and O–H groups in total. The quantitative estimate of drug-likeness (QED) is 0.555. The van der Waals surface area contributed by atoms with Crippen LogP contribution in [0.25, 0.3) is 11.1 Å². The van der Waals surface area contributed by atoms with Crippen molar-refractivity contribution in [1.82, 2.24) is 19.4 Å². The van der Waals surface area contributed by atoms with Gasteiger partial charge in [-0.05, 0) is 38.3 Å². The van der Waals surface area contributed by atoms with Crippen molar-refractivity contribution in [3.63, 3.8) is 0 Å². The van der Waals surface area contributed by atoms with Crippen LogP contribution >= 0.6 is 11.6 Å². The van der Waals surface area contributed by atoms with Crippen LogP contribution in [0.5, 0.6) is 0 Å². The fraction of sp³-hybridized carbons (Fsp3) is 0.375. The zero-order valence-electron chi connectivity index (χ0n) is 18.8. The highest BCUT2D eigenvalue weighted by Gasteiger charge is 2.48. The molecule has 1 saturated carbocycles. The number of nitrogen functional groups attached to an aromatic ring is 1. The molecule has 1 aliphatic carbocycles. The number of aryl methyl sites for hydroxylation is 1. The number of benzene rings is 1. The molecule has 1 amide bonds. The number of fused-ring (bicyclic) bond motifs is 2. The summed E-state index contributed by atoms with van der Waals surface area (Å²) in [7, 11) is 3.12. The highest BCUT2D eigenvalue weighted by molar-refractivity contribution is 6.34. The molecule has 3 aromatic rings. The first-order valence-electron chi connectivity index (χ1n) is 11.0. The Morgan fingerprint density at radius 1 is 1.33 bits per heavy atom. The van der Waals surface area contributed by atoms with Gasteiger partial charge in [0.1, 0.15) is 17.5 Å². The van der Waals surface area contributed by atoms with E-state index in [0.29, 0.717) is 16.6 Å². The summed E-state index contributed by atoms with van der Waals surface area (Å²) in [5.74, 6) is 0.552. The minimum absolute atomic E-state index is 0.0904. The first-order valence-corrected chi connectivity index (χ1v) is 11.3. The van der Waals surface area contributed by atoms with Crippen LogP contribution in [0.1, 0.15) is 47.1 Å². The maximum Gasteiger partial charge on any atom is 0.258 e. The zero-order valence-corrected chi connectivity index (χ0v) is 19.6. The van der Waals surface area contributed by atoms with Crippen molar-refractivity contribution in [3.05, 3.63) is 58.5 Å². The molecule has 0 unspecified atom stereocenters. The Kier molecular flexibility index (Phi) is 5.08. The summed E-state index contributed by atoms with van der Waals surface area (Å²) < 4.78 is 17.8. The molecule has 1 fully saturated rings. The number of anilines is 2. The smallest absolute Gasteiger partial charge is 0.258 e. The summed E-state index contributed by atoms with van der Waals surface area (Å²) in [5, 5.41) is 3.88. The van der Waals surface area contributed by atoms with Crippen LogP contribution < -0.4 is 11.1 Å². The Balaban J connectivity index is 1.59. The molecule has 2 aromatic heterocycles. The fourth-order valence-electron chi connectivity index (χ4n) is 5.37. The number of amides is 1. The monoisotopic (exact) mass is 468 g/mol. The molecule has 1 aliphatic heterocycles. The molecule has 0 saturated heterocycles. The minimum atomic E-state index is -0.685. The van der Waals surface area contributed by atoms with E-state index in [1.807, 2.05) is 19.3 Å². The lowest BCUT2D eigenvalue weighted by Crippen LogP contribution is -2.26. The summed E-state index contributed by atoms with van der Waals surface area (Å²) in [6.45, 7) is 2.74. The van der Waals surface area contributed by atoms with E-state index in [9.17, 15) is 4.79 Å². The van der Waals surface area contributed by atoms with Crippen molar-refractivity contribution in [2.75, 3.05) is 31.7 Å². The van der Waals surface area contributed by atoms with Gasteiger partial charge in [-0.3, -0.25) is 4.79 Å². The average Bonchev–Trinajstić information content (AvgIpc) is 3.48. The third-order valence-electron chi connectivity index (χ3n) is 7.06. The lowest BCUT2D eigenvalue weighted by Gasteiger charge is -2.26. The van der Waals surface area contributed by atoms with Crippen LogP contribution in [-0.4, -0.2) is 46.0 Å². The van der Waals surface area contributed by atoms with E-state index in [1.165, 1.54) is 4.90 Å². The maximum absolute atomic E-state index is 15.6. The number of carbonyl (C=O) groups is 1. The standard InChI is InChI=1S/C24H26ClFN6O/c1-13-28-8-9-32(13)14-6-7-24(10-14)12-30-22-19(24)20(25)16(11-29-22)15-4-5-17(27)18(21(15)26)23(33)31(2)3/h4-5,8-9,11,14H,6-7,10,12,27H2,1-3H3,(H,29,30)/t14-,24+/m0/s1. The van der Waals surface area contributed by atoms with E-state index in [1.54, 1.807) is 32.4 Å².